The number of hydrogen-bond acceptors (Lipinski definition) is 3. The number of aryl methyl sites for hydroxylation is 2. The highest BCUT2D eigenvalue weighted by molar-refractivity contribution is 5.94. The monoisotopic (exact) mass is 289 g/mol. The fourth-order valence-electron chi connectivity index (χ4n) is 3.26. The maximum atomic E-state index is 12.6. The summed E-state index contributed by atoms with van der Waals surface area (Å²) in [5, 5.41) is 19.9. The predicted molar refractivity (Wildman–Crippen MR) is 80.2 cm³/mol. The van der Waals surface area contributed by atoms with Crippen LogP contribution in [0.25, 0.3) is 0 Å². The number of aliphatic hydroxyl groups excluding tert-OH is 1. The molecule has 114 valence electrons. The van der Waals surface area contributed by atoms with Gasteiger partial charge in [-0.2, -0.15) is 0 Å². The van der Waals surface area contributed by atoms with Crippen LogP contribution in [0.3, 0.4) is 0 Å². The fourth-order valence-corrected chi connectivity index (χ4v) is 3.26. The number of β-amino-alcohol motifs (C(OH)–C–C–N with tert-alkyl or cyclic N) is 1. The van der Waals surface area contributed by atoms with E-state index in [1.54, 1.807) is 11.8 Å². The summed E-state index contributed by atoms with van der Waals surface area (Å²) in [7, 11) is 0. The summed E-state index contributed by atoms with van der Waals surface area (Å²) in [6.07, 6.45) is 4.10. The Bertz CT molecular complexity index is 553. The standard InChI is InChI=1S/C17H23NO3/c1-17(21)8-9-18(11-15(17)19)16(20)14-7-6-12-4-2-3-5-13(12)10-14/h6-7,10,15,19,21H,2-5,8-9,11H2,1H3. The van der Waals surface area contributed by atoms with E-state index in [1.165, 1.54) is 24.0 Å². The lowest BCUT2D eigenvalue weighted by Crippen LogP contribution is -2.55. The molecule has 2 aliphatic rings. The summed E-state index contributed by atoms with van der Waals surface area (Å²) in [4.78, 5) is 14.2. The summed E-state index contributed by atoms with van der Waals surface area (Å²) in [5.41, 5.74) is 2.26. The molecule has 0 spiro atoms. The molecule has 4 nitrogen and oxygen atoms in total. The number of carbonyl (C=O) groups excluding carboxylic acids is 1. The first-order valence-corrected chi connectivity index (χ1v) is 7.79. The molecular weight excluding hydrogens is 266 g/mol. The van der Waals surface area contributed by atoms with Crippen molar-refractivity contribution in [1.29, 1.82) is 0 Å². The average Bonchev–Trinajstić information content (AvgIpc) is 2.49. The van der Waals surface area contributed by atoms with Gasteiger partial charge in [0.2, 0.25) is 0 Å². The molecule has 0 radical (unpaired) electrons. The van der Waals surface area contributed by atoms with Crippen molar-refractivity contribution in [3.8, 4) is 0 Å². The van der Waals surface area contributed by atoms with Gasteiger partial charge < -0.3 is 15.1 Å². The van der Waals surface area contributed by atoms with Crippen LogP contribution in [0.5, 0.6) is 0 Å². The van der Waals surface area contributed by atoms with Gasteiger partial charge in [0, 0.05) is 18.7 Å². The van der Waals surface area contributed by atoms with Gasteiger partial charge in [-0.3, -0.25) is 4.79 Å². The topological polar surface area (TPSA) is 60.8 Å². The van der Waals surface area contributed by atoms with E-state index in [0.29, 0.717) is 18.5 Å². The van der Waals surface area contributed by atoms with Crippen molar-refractivity contribution < 1.29 is 15.0 Å². The predicted octanol–water partition coefficient (Wildman–Crippen LogP) is 1.52. The minimum Gasteiger partial charge on any atom is -0.388 e. The van der Waals surface area contributed by atoms with Crippen molar-refractivity contribution in [2.45, 2.75) is 50.7 Å². The molecule has 0 saturated carbocycles. The average molecular weight is 289 g/mol. The minimum atomic E-state index is -1.09. The van der Waals surface area contributed by atoms with Crippen LogP contribution >= 0.6 is 0 Å². The molecule has 1 heterocycles. The minimum absolute atomic E-state index is 0.0436. The lowest BCUT2D eigenvalue weighted by molar-refractivity contribution is -0.0999. The molecule has 1 aromatic carbocycles. The molecule has 2 N–H and O–H groups in total. The number of aliphatic hydroxyl groups is 2. The molecule has 3 rings (SSSR count). The molecule has 21 heavy (non-hydrogen) atoms. The second-order valence-corrected chi connectivity index (χ2v) is 6.56. The quantitative estimate of drug-likeness (QED) is 0.824. The molecule has 1 aliphatic carbocycles. The first-order valence-electron chi connectivity index (χ1n) is 7.79. The molecule has 1 amide bonds. The van der Waals surface area contributed by atoms with Crippen LogP contribution in [0.1, 0.15) is 47.7 Å². The van der Waals surface area contributed by atoms with E-state index in [0.717, 1.165) is 12.8 Å². The Morgan fingerprint density at radius 2 is 2.00 bits per heavy atom. The van der Waals surface area contributed by atoms with Gasteiger partial charge in [0.1, 0.15) is 0 Å². The number of rotatable bonds is 1. The third-order valence-corrected chi connectivity index (χ3v) is 4.88. The smallest absolute Gasteiger partial charge is 0.253 e. The molecule has 1 aliphatic heterocycles. The zero-order chi connectivity index (χ0) is 15.0. The van der Waals surface area contributed by atoms with Crippen molar-refractivity contribution in [3.63, 3.8) is 0 Å². The zero-order valence-electron chi connectivity index (χ0n) is 12.5. The second kappa shape index (κ2) is 5.43. The van der Waals surface area contributed by atoms with Gasteiger partial charge in [-0.05, 0) is 62.3 Å². The number of amides is 1. The Kier molecular flexibility index (Phi) is 3.76. The summed E-state index contributed by atoms with van der Waals surface area (Å²) < 4.78 is 0. The summed E-state index contributed by atoms with van der Waals surface area (Å²) in [5.74, 6) is -0.0436. The van der Waals surface area contributed by atoms with Gasteiger partial charge in [0.05, 0.1) is 11.7 Å². The van der Waals surface area contributed by atoms with Crippen LogP contribution in [0.15, 0.2) is 18.2 Å². The van der Waals surface area contributed by atoms with E-state index in [9.17, 15) is 15.0 Å². The Morgan fingerprint density at radius 1 is 1.29 bits per heavy atom. The Balaban J connectivity index is 1.77. The van der Waals surface area contributed by atoms with Gasteiger partial charge >= 0.3 is 0 Å². The molecule has 0 bridgehead atoms. The molecule has 1 fully saturated rings. The van der Waals surface area contributed by atoms with Crippen LogP contribution in [0.4, 0.5) is 0 Å². The van der Waals surface area contributed by atoms with Crippen molar-refractivity contribution >= 4 is 5.91 Å². The SMILES string of the molecule is CC1(O)CCN(C(=O)c2ccc3c(c2)CCCC3)CC1O. The Morgan fingerprint density at radius 3 is 2.71 bits per heavy atom. The van der Waals surface area contributed by atoms with Crippen molar-refractivity contribution in [2.75, 3.05) is 13.1 Å². The maximum absolute atomic E-state index is 12.6. The highest BCUT2D eigenvalue weighted by Crippen LogP contribution is 2.25. The molecule has 4 heteroatoms. The van der Waals surface area contributed by atoms with Crippen LogP contribution in [-0.4, -0.2) is 45.8 Å². The fraction of sp³-hybridized carbons (Fsp3) is 0.588. The van der Waals surface area contributed by atoms with Gasteiger partial charge in [-0.1, -0.05) is 6.07 Å². The van der Waals surface area contributed by atoms with Crippen molar-refractivity contribution in [1.82, 2.24) is 4.90 Å². The van der Waals surface area contributed by atoms with E-state index in [4.69, 9.17) is 0 Å². The summed E-state index contributed by atoms with van der Waals surface area (Å²) in [6.45, 7) is 2.31. The number of piperidine rings is 1. The number of benzene rings is 1. The van der Waals surface area contributed by atoms with Gasteiger partial charge in [0.15, 0.2) is 0 Å². The van der Waals surface area contributed by atoms with E-state index >= 15 is 0 Å². The van der Waals surface area contributed by atoms with E-state index in [1.807, 2.05) is 12.1 Å². The number of hydrogen-bond donors (Lipinski definition) is 2. The summed E-state index contributed by atoms with van der Waals surface area (Å²) >= 11 is 0. The van der Waals surface area contributed by atoms with Crippen LogP contribution in [0.2, 0.25) is 0 Å². The van der Waals surface area contributed by atoms with E-state index in [2.05, 4.69) is 6.07 Å². The number of likely N-dealkylation sites (tertiary alicyclic amines) is 1. The Hall–Kier alpha value is -1.39. The number of carbonyl (C=O) groups is 1. The zero-order valence-corrected chi connectivity index (χ0v) is 12.5. The number of nitrogens with zero attached hydrogens (tertiary/aromatic N) is 1. The first kappa shape index (κ1) is 14.5. The van der Waals surface area contributed by atoms with E-state index < -0.39 is 11.7 Å². The largest absolute Gasteiger partial charge is 0.388 e. The van der Waals surface area contributed by atoms with Gasteiger partial charge in [0.25, 0.3) is 5.91 Å². The number of fused-ring (bicyclic) bond motifs is 1. The normalized spacial score (nSPS) is 29.1. The van der Waals surface area contributed by atoms with Crippen LogP contribution in [0, 0.1) is 0 Å². The molecule has 2 unspecified atom stereocenters. The molecule has 1 saturated heterocycles. The van der Waals surface area contributed by atoms with Gasteiger partial charge in [-0.25, -0.2) is 0 Å². The summed E-state index contributed by atoms with van der Waals surface area (Å²) in [6, 6.07) is 5.97. The molecule has 1 aromatic rings. The molecule has 2 atom stereocenters. The van der Waals surface area contributed by atoms with Crippen LogP contribution in [-0.2, 0) is 12.8 Å². The maximum Gasteiger partial charge on any atom is 0.253 e. The molecular formula is C17H23NO3. The first-order chi connectivity index (χ1) is 9.97. The second-order valence-electron chi connectivity index (χ2n) is 6.56. The third-order valence-electron chi connectivity index (χ3n) is 4.88. The lowest BCUT2D eigenvalue weighted by Gasteiger charge is -2.40. The van der Waals surface area contributed by atoms with Crippen molar-refractivity contribution in [3.05, 3.63) is 34.9 Å². The highest BCUT2D eigenvalue weighted by atomic mass is 16.3. The van der Waals surface area contributed by atoms with Gasteiger partial charge in [-0.15, -0.1) is 0 Å². The van der Waals surface area contributed by atoms with Crippen molar-refractivity contribution in [2.24, 2.45) is 0 Å². The molecule has 0 aromatic heterocycles. The van der Waals surface area contributed by atoms with Crippen LogP contribution < -0.4 is 0 Å². The lowest BCUT2D eigenvalue weighted by atomic mass is 9.89. The third kappa shape index (κ3) is 2.83. The Labute approximate surface area is 125 Å². The van der Waals surface area contributed by atoms with E-state index in [-0.39, 0.29) is 12.5 Å². The highest BCUT2D eigenvalue weighted by Gasteiger charge is 2.38.